The number of benzene rings is 2. The summed E-state index contributed by atoms with van der Waals surface area (Å²) in [7, 11) is 1.39. The second-order valence-electron chi connectivity index (χ2n) is 11.2. The molecule has 1 aromatic heterocycles. The zero-order valence-corrected chi connectivity index (χ0v) is 24.1. The molecule has 2 aliphatic rings. The number of carbonyl (C=O) groups excluding carboxylic acids is 2. The summed E-state index contributed by atoms with van der Waals surface area (Å²) in [6.45, 7) is 10.3. The summed E-state index contributed by atoms with van der Waals surface area (Å²) in [5.41, 5.74) is 5.73. The number of hydrogen-bond donors (Lipinski definition) is 1. The lowest BCUT2D eigenvalue weighted by Crippen LogP contribution is -2.43. The van der Waals surface area contributed by atoms with E-state index in [9.17, 15) is 9.59 Å². The molecule has 1 fully saturated rings. The summed E-state index contributed by atoms with van der Waals surface area (Å²) >= 11 is 0. The molecule has 0 unspecified atom stereocenters. The molecule has 2 aliphatic heterocycles. The van der Waals surface area contributed by atoms with Gasteiger partial charge in [-0.1, -0.05) is 36.4 Å². The van der Waals surface area contributed by atoms with Gasteiger partial charge in [0.2, 0.25) is 0 Å². The van der Waals surface area contributed by atoms with Crippen LogP contribution in [0, 0.1) is 0 Å². The number of aromatic nitrogens is 2. The van der Waals surface area contributed by atoms with E-state index in [1.54, 1.807) is 4.90 Å². The Morgan fingerprint density at radius 1 is 0.902 bits per heavy atom. The number of methoxy groups -OCH3 is 1. The van der Waals surface area contributed by atoms with Gasteiger partial charge in [-0.3, -0.25) is 0 Å². The predicted molar refractivity (Wildman–Crippen MR) is 160 cm³/mol. The Morgan fingerprint density at radius 3 is 2.17 bits per heavy atom. The first-order chi connectivity index (χ1) is 19.7. The maximum Gasteiger partial charge on any atom is 0.410 e. The predicted octanol–water partition coefficient (Wildman–Crippen LogP) is 5.03. The maximum absolute atomic E-state index is 12.6. The van der Waals surface area contributed by atoms with Gasteiger partial charge >= 0.3 is 12.1 Å². The smallest absolute Gasteiger partial charge is 0.410 e. The number of esters is 1. The van der Waals surface area contributed by atoms with Gasteiger partial charge in [0.1, 0.15) is 5.60 Å². The molecule has 3 heterocycles. The SMILES string of the molecule is COC(=O)c1ccc(-c2ccc(-c3ncc(N4CCNCC4)cn3)cc2)cc1C1=CCN(C(=O)OC(C)(C)C)CC1. The lowest BCUT2D eigenvalue weighted by molar-refractivity contribution is 0.0270. The summed E-state index contributed by atoms with van der Waals surface area (Å²) in [6, 6.07) is 13.9. The van der Waals surface area contributed by atoms with Crippen LogP contribution in [0.3, 0.4) is 0 Å². The van der Waals surface area contributed by atoms with Crippen molar-refractivity contribution in [3.05, 3.63) is 72.1 Å². The maximum atomic E-state index is 12.6. The van der Waals surface area contributed by atoms with Crippen LogP contribution in [0.2, 0.25) is 0 Å². The van der Waals surface area contributed by atoms with Gasteiger partial charge in [-0.05, 0) is 61.6 Å². The van der Waals surface area contributed by atoms with Gasteiger partial charge in [0.15, 0.2) is 5.82 Å². The highest BCUT2D eigenvalue weighted by Gasteiger charge is 2.25. The number of nitrogens with zero attached hydrogens (tertiary/aromatic N) is 4. The molecule has 3 aromatic rings. The van der Waals surface area contributed by atoms with Crippen LogP contribution in [0.25, 0.3) is 28.1 Å². The van der Waals surface area contributed by atoms with Gasteiger partial charge in [-0.25, -0.2) is 19.6 Å². The summed E-state index contributed by atoms with van der Waals surface area (Å²) in [5.74, 6) is 0.290. The normalized spacial score (nSPS) is 15.8. The average Bonchev–Trinajstić information content (AvgIpc) is 3.00. The van der Waals surface area contributed by atoms with E-state index in [1.165, 1.54) is 7.11 Å². The highest BCUT2D eigenvalue weighted by molar-refractivity contribution is 5.97. The number of piperazine rings is 1. The molecule has 0 spiro atoms. The minimum absolute atomic E-state index is 0.336. The van der Waals surface area contributed by atoms with Crippen LogP contribution < -0.4 is 10.2 Å². The molecule has 41 heavy (non-hydrogen) atoms. The van der Waals surface area contributed by atoms with Crippen molar-refractivity contribution in [1.82, 2.24) is 20.2 Å². The van der Waals surface area contributed by atoms with Crippen molar-refractivity contribution in [2.45, 2.75) is 32.8 Å². The molecular formula is C32H37N5O4. The third kappa shape index (κ3) is 6.74. The van der Waals surface area contributed by atoms with E-state index in [1.807, 2.05) is 81.7 Å². The first-order valence-corrected chi connectivity index (χ1v) is 14.0. The van der Waals surface area contributed by atoms with Crippen LogP contribution in [-0.4, -0.2) is 78.9 Å². The van der Waals surface area contributed by atoms with Crippen LogP contribution in [0.4, 0.5) is 10.5 Å². The zero-order chi connectivity index (χ0) is 29.0. The molecule has 0 bridgehead atoms. The number of hydrogen-bond acceptors (Lipinski definition) is 8. The largest absolute Gasteiger partial charge is 0.465 e. The minimum Gasteiger partial charge on any atom is -0.465 e. The Morgan fingerprint density at radius 2 is 1.56 bits per heavy atom. The quantitative estimate of drug-likeness (QED) is 0.438. The Labute approximate surface area is 241 Å². The molecule has 1 amide bonds. The fourth-order valence-corrected chi connectivity index (χ4v) is 5.05. The van der Waals surface area contributed by atoms with Crippen molar-refractivity contribution >= 4 is 23.3 Å². The van der Waals surface area contributed by atoms with E-state index >= 15 is 0 Å². The number of anilines is 1. The van der Waals surface area contributed by atoms with Gasteiger partial charge in [0.25, 0.3) is 0 Å². The first kappa shape index (κ1) is 28.3. The lowest BCUT2D eigenvalue weighted by atomic mass is 9.91. The van der Waals surface area contributed by atoms with Gasteiger partial charge in [-0.15, -0.1) is 0 Å². The molecule has 9 nitrogen and oxygen atoms in total. The van der Waals surface area contributed by atoms with Crippen molar-refractivity contribution < 1.29 is 19.1 Å². The molecular weight excluding hydrogens is 518 g/mol. The Kier molecular flexibility index (Phi) is 8.35. The number of ether oxygens (including phenoxy) is 2. The van der Waals surface area contributed by atoms with Gasteiger partial charge in [-0.2, -0.15) is 0 Å². The third-order valence-electron chi connectivity index (χ3n) is 7.23. The van der Waals surface area contributed by atoms with Crippen LogP contribution in [0.15, 0.2) is 60.9 Å². The molecule has 214 valence electrons. The van der Waals surface area contributed by atoms with Crippen LogP contribution in [0.1, 0.15) is 43.1 Å². The van der Waals surface area contributed by atoms with Crippen LogP contribution >= 0.6 is 0 Å². The standard InChI is InChI=1S/C32H37N5O4/c1-32(2,3)41-31(39)37-15-11-23(12-16-37)28-19-25(9-10-27(28)30(38)40-4)22-5-7-24(8-6-22)29-34-20-26(21-35-29)36-17-13-33-14-18-36/h5-11,19-21,33H,12-18H2,1-4H3. The van der Waals surface area contributed by atoms with Crippen molar-refractivity contribution in [1.29, 1.82) is 0 Å². The summed E-state index contributed by atoms with van der Waals surface area (Å²) < 4.78 is 10.6. The molecule has 0 radical (unpaired) electrons. The summed E-state index contributed by atoms with van der Waals surface area (Å²) in [6.07, 6.45) is 6.04. The van der Waals surface area contributed by atoms with Crippen molar-refractivity contribution in [2.75, 3.05) is 51.3 Å². The fourth-order valence-electron chi connectivity index (χ4n) is 5.05. The highest BCUT2D eigenvalue weighted by atomic mass is 16.6. The lowest BCUT2D eigenvalue weighted by Gasteiger charge is -2.30. The van der Waals surface area contributed by atoms with Crippen molar-refractivity contribution in [3.63, 3.8) is 0 Å². The van der Waals surface area contributed by atoms with Crippen molar-refractivity contribution in [3.8, 4) is 22.5 Å². The Balaban J connectivity index is 1.36. The molecule has 2 aromatic carbocycles. The summed E-state index contributed by atoms with van der Waals surface area (Å²) in [4.78, 5) is 38.3. The average molecular weight is 556 g/mol. The second-order valence-corrected chi connectivity index (χ2v) is 11.2. The molecule has 1 saturated heterocycles. The number of nitrogens with one attached hydrogen (secondary N) is 1. The van der Waals surface area contributed by atoms with E-state index < -0.39 is 11.6 Å². The third-order valence-corrected chi connectivity index (χ3v) is 7.23. The molecule has 1 N–H and O–H groups in total. The topological polar surface area (TPSA) is 96.9 Å². The monoisotopic (exact) mass is 555 g/mol. The molecule has 0 saturated carbocycles. The van der Waals surface area contributed by atoms with Gasteiger partial charge < -0.3 is 24.6 Å². The fraction of sp³-hybridized carbons (Fsp3) is 0.375. The molecule has 5 rings (SSSR count). The first-order valence-electron chi connectivity index (χ1n) is 14.0. The summed E-state index contributed by atoms with van der Waals surface area (Å²) in [5, 5.41) is 3.36. The van der Waals surface area contributed by atoms with Gasteiger partial charge in [0.05, 0.1) is 30.8 Å². The molecule has 0 atom stereocenters. The Bertz CT molecular complexity index is 1420. The van der Waals surface area contributed by atoms with E-state index in [-0.39, 0.29) is 6.09 Å². The number of rotatable bonds is 5. The van der Waals surface area contributed by atoms with Gasteiger partial charge in [0, 0.05) is 44.8 Å². The van der Waals surface area contributed by atoms with Crippen molar-refractivity contribution in [2.24, 2.45) is 0 Å². The van der Waals surface area contributed by atoms with E-state index in [4.69, 9.17) is 9.47 Å². The van der Waals surface area contributed by atoms with E-state index in [0.29, 0.717) is 30.9 Å². The minimum atomic E-state index is -0.552. The highest BCUT2D eigenvalue weighted by Crippen LogP contribution is 2.32. The Hall–Kier alpha value is -4.24. The number of amides is 1. The molecule has 9 heteroatoms. The van der Waals surface area contributed by atoms with Crippen LogP contribution in [0.5, 0.6) is 0 Å². The second kappa shape index (κ2) is 12.1. The van der Waals surface area contributed by atoms with E-state index in [2.05, 4.69) is 20.2 Å². The zero-order valence-electron chi connectivity index (χ0n) is 24.1. The van der Waals surface area contributed by atoms with Crippen LogP contribution in [-0.2, 0) is 9.47 Å². The number of carbonyl (C=O) groups is 2. The van der Waals surface area contributed by atoms with E-state index in [0.717, 1.165) is 59.7 Å². The molecule has 0 aliphatic carbocycles.